The zero-order valence-electron chi connectivity index (χ0n) is 19.4. The average Bonchev–Trinajstić information content (AvgIpc) is 2.80. The summed E-state index contributed by atoms with van der Waals surface area (Å²) in [5.74, 6) is 0.516. The van der Waals surface area contributed by atoms with Gasteiger partial charge in [-0.25, -0.2) is 0 Å². The van der Waals surface area contributed by atoms with Gasteiger partial charge in [-0.2, -0.15) is 0 Å². The molecule has 0 atom stereocenters. The van der Waals surface area contributed by atoms with E-state index in [2.05, 4.69) is 16.3 Å². The molecular weight excluding hydrogens is 440 g/mol. The molecule has 0 spiro atoms. The molecule has 0 unspecified atom stereocenters. The van der Waals surface area contributed by atoms with Crippen LogP contribution >= 0.6 is 11.6 Å². The number of carbonyl (C=O) groups is 2. The first-order valence-electron chi connectivity index (χ1n) is 11.4. The van der Waals surface area contributed by atoms with Gasteiger partial charge in [0.05, 0.1) is 25.9 Å². The minimum absolute atomic E-state index is 0.0657. The molecule has 7 nitrogen and oxygen atoms in total. The summed E-state index contributed by atoms with van der Waals surface area (Å²) in [7, 11) is 1.57. The van der Waals surface area contributed by atoms with Gasteiger partial charge in [-0.15, -0.1) is 0 Å². The number of hydrogen-bond acceptors (Lipinski definition) is 5. The molecule has 2 aromatic rings. The number of carbonyl (C=O) groups excluding carboxylic acids is 2. The van der Waals surface area contributed by atoms with Crippen LogP contribution < -0.4 is 10.1 Å². The maximum Gasteiger partial charge on any atom is 0.238 e. The van der Waals surface area contributed by atoms with Crippen molar-refractivity contribution in [1.29, 1.82) is 0 Å². The molecule has 0 bridgehead atoms. The molecule has 178 valence electrons. The molecule has 33 heavy (non-hydrogen) atoms. The molecule has 0 aliphatic carbocycles. The largest absolute Gasteiger partial charge is 0.495 e. The zero-order valence-corrected chi connectivity index (χ0v) is 20.2. The normalized spacial score (nSPS) is 14.4. The van der Waals surface area contributed by atoms with E-state index in [1.807, 2.05) is 47.1 Å². The van der Waals surface area contributed by atoms with Crippen molar-refractivity contribution in [3.05, 3.63) is 59.1 Å². The van der Waals surface area contributed by atoms with Crippen molar-refractivity contribution in [1.82, 2.24) is 14.7 Å². The number of hydrogen-bond donors (Lipinski definition) is 1. The number of rotatable bonds is 10. The third-order valence-electron chi connectivity index (χ3n) is 5.67. The Morgan fingerprint density at radius 3 is 2.52 bits per heavy atom. The van der Waals surface area contributed by atoms with Gasteiger partial charge >= 0.3 is 0 Å². The molecule has 2 aromatic carbocycles. The van der Waals surface area contributed by atoms with Gasteiger partial charge in [-0.3, -0.25) is 19.4 Å². The summed E-state index contributed by atoms with van der Waals surface area (Å²) in [6.45, 7) is 6.96. The van der Waals surface area contributed by atoms with Crippen molar-refractivity contribution in [3.8, 4) is 5.75 Å². The summed E-state index contributed by atoms with van der Waals surface area (Å²) in [5.41, 5.74) is 1.81. The molecule has 8 heteroatoms. The number of para-hydroxylation sites is 2. The maximum absolute atomic E-state index is 12.9. The predicted molar refractivity (Wildman–Crippen MR) is 132 cm³/mol. The Morgan fingerprint density at radius 2 is 1.82 bits per heavy atom. The monoisotopic (exact) mass is 472 g/mol. The van der Waals surface area contributed by atoms with E-state index in [4.69, 9.17) is 16.3 Å². The highest BCUT2D eigenvalue weighted by Gasteiger charge is 2.23. The molecule has 0 aromatic heterocycles. The van der Waals surface area contributed by atoms with Crippen LogP contribution in [0.3, 0.4) is 0 Å². The third kappa shape index (κ3) is 7.74. The minimum atomic E-state index is -0.160. The number of halogens is 1. The van der Waals surface area contributed by atoms with E-state index in [-0.39, 0.29) is 24.9 Å². The van der Waals surface area contributed by atoms with Gasteiger partial charge in [0.25, 0.3) is 0 Å². The van der Waals surface area contributed by atoms with Crippen molar-refractivity contribution in [2.24, 2.45) is 0 Å². The molecule has 1 heterocycles. The number of piperazine rings is 1. The van der Waals surface area contributed by atoms with Gasteiger partial charge in [-0.05, 0) is 42.8 Å². The first kappa shape index (κ1) is 25.0. The second kappa shape index (κ2) is 12.6. The van der Waals surface area contributed by atoms with Gasteiger partial charge in [0, 0.05) is 37.7 Å². The number of nitrogens with one attached hydrogen (secondary N) is 1. The van der Waals surface area contributed by atoms with Crippen LogP contribution in [0, 0.1) is 0 Å². The number of nitrogens with zero attached hydrogens (tertiary/aromatic N) is 3. The zero-order chi connectivity index (χ0) is 23.6. The van der Waals surface area contributed by atoms with Crippen LogP contribution in [0.2, 0.25) is 5.02 Å². The van der Waals surface area contributed by atoms with Crippen molar-refractivity contribution >= 4 is 29.1 Å². The van der Waals surface area contributed by atoms with Gasteiger partial charge in [0.1, 0.15) is 5.75 Å². The number of methoxy groups -OCH3 is 1. The Hall–Kier alpha value is -2.61. The molecule has 2 amide bonds. The summed E-state index contributed by atoms with van der Waals surface area (Å²) in [6.07, 6.45) is 0.864. The van der Waals surface area contributed by atoms with Crippen molar-refractivity contribution in [2.45, 2.75) is 19.9 Å². The molecule has 1 saturated heterocycles. The highest BCUT2D eigenvalue weighted by molar-refractivity contribution is 6.30. The van der Waals surface area contributed by atoms with E-state index >= 15 is 0 Å². The van der Waals surface area contributed by atoms with Crippen LogP contribution in [0.5, 0.6) is 5.75 Å². The first-order chi connectivity index (χ1) is 16.0. The van der Waals surface area contributed by atoms with E-state index in [9.17, 15) is 9.59 Å². The SMILES string of the molecule is CCCN(CC(=O)Nc1ccccc1OC)CC(=O)N1CCN(Cc2cccc(Cl)c2)CC1. The summed E-state index contributed by atoms with van der Waals surface area (Å²) < 4.78 is 5.29. The fraction of sp³-hybridized carbons (Fsp3) is 0.440. The van der Waals surface area contributed by atoms with Crippen molar-refractivity contribution in [2.75, 3.05) is 58.2 Å². The fourth-order valence-electron chi connectivity index (χ4n) is 4.01. The lowest BCUT2D eigenvalue weighted by Gasteiger charge is -2.35. The quantitative estimate of drug-likeness (QED) is 0.574. The van der Waals surface area contributed by atoms with Gasteiger partial charge < -0.3 is 15.0 Å². The van der Waals surface area contributed by atoms with Crippen molar-refractivity contribution in [3.63, 3.8) is 0 Å². The predicted octanol–water partition coefficient (Wildman–Crippen LogP) is 3.34. The van der Waals surface area contributed by atoms with Crippen LogP contribution in [-0.2, 0) is 16.1 Å². The van der Waals surface area contributed by atoms with E-state index in [0.29, 0.717) is 31.1 Å². The van der Waals surface area contributed by atoms with E-state index in [1.165, 1.54) is 5.56 Å². The summed E-state index contributed by atoms with van der Waals surface area (Å²) in [5, 5.41) is 3.63. The molecular formula is C25H33ClN4O3. The summed E-state index contributed by atoms with van der Waals surface area (Å²) >= 11 is 6.09. The number of ether oxygens (including phenoxy) is 1. The Morgan fingerprint density at radius 1 is 1.06 bits per heavy atom. The lowest BCUT2D eigenvalue weighted by Crippen LogP contribution is -2.51. The smallest absolute Gasteiger partial charge is 0.238 e. The standard InChI is InChI=1S/C25H33ClN4O3/c1-3-11-29(18-24(31)27-22-9-4-5-10-23(22)33-2)19-25(32)30-14-12-28(13-15-30)17-20-7-6-8-21(26)16-20/h4-10,16H,3,11-15,17-19H2,1-2H3,(H,27,31). The van der Waals surface area contributed by atoms with Crippen LogP contribution in [0.25, 0.3) is 0 Å². The summed E-state index contributed by atoms with van der Waals surface area (Å²) in [6, 6.07) is 15.2. The molecule has 0 saturated carbocycles. The van der Waals surface area contributed by atoms with Crippen LogP contribution in [-0.4, -0.2) is 79.4 Å². The van der Waals surface area contributed by atoms with E-state index in [0.717, 1.165) is 31.1 Å². The lowest BCUT2D eigenvalue weighted by atomic mass is 10.2. The molecule has 1 N–H and O–H groups in total. The van der Waals surface area contributed by atoms with E-state index in [1.54, 1.807) is 19.2 Å². The van der Waals surface area contributed by atoms with Crippen molar-refractivity contribution < 1.29 is 14.3 Å². The number of anilines is 1. The lowest BCUT2D eigenvalue weighted by molar-refractivity contribution is -0.134. The van der Waals surface area contributed by atoms with E-state index < -0.39 is 0 Å². The Labute approximate surface area is 201 Å². The van der Waals surface area contributed by atoms with Gasteiger partial charge in [0.15, 0.2) is 0 Å². The van der Waals surface area contributed by atoms with Crippen LogP contribution in [0.4, 0.5) is 5.69 Å². The highest BCUT2D eigenvalue weighted by atomic mass is 35.5. The van der Waals surface area contributed by atoms with Gasteiger partial charge in [0.2, 0.25) is 11.8 Å². The second-order valence-corrected chi connectivity index (χ2v) is 8.68. The number of amides is 2. The average molecular weight is 473 g/mol. The Balaban J connectivity index is 1.48. The Bertz CT molecular complexity index is 931. The van der Waals surface area contributed by atoms with Gasteiger partial charge in [-0.1, -0.05) is 42.8 Å². The minimum Gasteiger partial charge on any atom is -0.495 e. The molecule has 1 aliphatic heterocycles. The third-order valence-corrected chi connectivity index (χ3v) is 5.90. The maximum atomic E-state index is 12.9. The highest BCUT2D eigenvalue weighted by Crippen LogP contribution is 2.23. The molecule has 3 rings (SSSR count). The topological polar surface area (TPSA) is 65.1 Å². The molecule has 1 fully saturated rings. The Kier molecular flexibility index (Phi) is 9.54. The summed E-state index contributed by atoms with van der Waals surface area (Å²) in [4.78, 5) is 31.7. The number of benzene rings is 2. The second-order valence-electron chi connectivity index (χ2n) is 8.25. The van der Waals surface area contributed by atoms with Crippen LogP contribution in [0.15, 0.2) is 48.5 Å². The fourth-order valence-corrected chi connectivity index (χ4v) is 4.22. The first-order valence-corrected chi connectivity index (χ1v) is 11.8. The van der Waals surface area contributed by atoms with Crippen LogP contribution in [0.1, 0.15) is 18.9 Å². The molecule has 1 aliphatic rings. The molecule has 0 radical (unpaired) electrons.